The number of phenolic OH excluding ortho intramolecular Hbond substituents is 1. The van der Waals surface area contributed by atoms with E-state index in [0.717, 1.165) is 0 Å². The van der Waals surface area contributed by atoms with Gasteiger partial charge >= 0.3 is 0 Å². The van der Waals surface area contributed by atoms with Gasteiger partial charge in [-0.05, 0) is 25.5 Å². The Morgan fingerprint density at radius 3 is 2.75 bits per heavy atom. The van der Waals surface area contributed by atoms with E-state index in [-0.39, 0.29) is 17.7 Å². The number of hydrogen-bond donors (Lipinski definition) is 2. The molecule has 0 aliphatic rings. The molecule has 1 aromatic rings. The normalized spacial score (nSPS) is 12.2. The molecule has 4 heteroatoms. The van der Waals surface area contributed by atoms with Crippen LogP contribution in [0.5, 0.6) is 5.75 Å². The standard InChI is InChI=1S/C12H18N2O2/c1-8-5-4-6-10(11(8)15)12(16)14(3)7-9(2)13/h4-6,9,15H,7,13H2,1-3H3. The second kappa shape index (κ2) is 4.99. The Morgan fingerprint density at radius 2 is 2.19 bits per heavy atom. The van der Waals surface area contributed by atoms with Crippen molar-refractivity contribution in [2.24, 2.45) is 5.73 Å². The van der Waals surface area contributed by atoms with Crippen molar-refractivity contribution in [1.82, 2.24) is 4.90 Å². The first-order chi connectivity index (χ1) is 7.43. The minimum absolute atomic E-state index is 0.0454. The summed E-state index contributed by atoms with van der Waals surface area (Å²) in [5.41, 5.74) is 6.64. The zero-order chi connectivity index (χ0) is 12.3. The van der Waals surface area contributed by atoms with Gasteiger partial charge in [0, 0.05) is 19.6 Å². The first-order valence-electron chi connectivity index (χ1n) is 5.23. The van der Waals surface area contributed by atoms with Gasteiger partial charge in [0.25, 0.3) is 5.91 Å². The number of hydrogen-bond acceptors (Lipinski definition) is 3. The number of nitrogens with two attached hydrogens (primary N) is 1. The lowest BCUT2D eigenvalue weighted by Crippen LogP contribution is -2.37. The van der Waals surface area contributed by atoms with Gasteiger partial charge in [0.05, 0.1) is 5.56 Å². The molecule has 1 atom stereocenters. The van der Waals surface area contributed by atoms with Crippen molar-refractivity contribution >= 4 is 5.91 Å². The first-order valence-corrected chi connectivity index (χ1v) is 5.23. The predicted octanol–water partition coefficient (Wildman–Crippen LogP) is 1.12. The fourth-order valence-corrected chi connectivity index (χ4v) is 1.55. The first kappa shape index (κ1) is 12.5. The number of amides is 1. The summed E-state index contributed by atoms with van der Waals surface area (Å²) in [5.74, 6) is -0.164. The Balaban J connectivity index is 2.92. The Bertz CT molecular complexity index is 389. The minimum Gasteiger partial charge on any atom is -0.507 e. The van der Waals surface area contributed by atoms with Gasteiger partial charge in [-0.25, -0.2) is 0 Å². The second-order valence-electron chi connectivity index (χ2n) is 4.13. The van der Waals surface area contributed by atoms with E-state index in [1.807, 2.05) is 6.92 Å². The molecule has 0 aliphatic heterocycles. The average molecular weight is 222 g/mol. The van der Waals surface area contributed by atoms with Gasteiger partial charge in [-0.15, -0.1) is 0 Å². The van der Waals surface area contributed by atoms with Crippen LogP contribution in [-0.2, 0) is 0 Å². The smallest absolute Gasteiger partial charge is 0.257 e. The lowest BCUT2D eigenvalue weighted by atomic mass is 10.1. The quantitative estimate of drug-likeness (QED) is 0.805. The van der Waals surface area contributed by atoms with Crippen molar-refractivity contribution in [3.05, 3.63) is 29.3 Å². The molecule has 0 saturated carbocycles. The van der Waals surface area contributed by atoms with E-state index in [1.54, 1.807) is 32.2 Å². The van der Waals surface area contributed by atoms with Crippen LogP contribution in [0.25, 0.3) is 0 Å². The lowest BCUT2D eigenvalue weighted by molar-refractivity contribution is 0.0785. The molecule has 3 N–H and O–H groups in total. The van der Waals surface area contributed by atoms with Gasteiger partial charge in [-0.1, -0.05) is 12.1 Å². The van der Waals surface area contributed by atoms with E-state index in [9.17, 15) is 9.90 Å². The van der Waals surface area contributed by atoms with Crippen LogP contribution in [0.3, 0.4) is 0 Å². The Hall–Kier alpha value is -1.55. The van der Waals surface area contributed by atoms with Crippen molar-refractivity contribution in [1.29, 1.82) is 0 Å². The fourth-order valence-electron chi connectivity index (χ4n) is 1.55. The highest BCUT2D eigenvalue weighted by Gasteiger charge is 2.17. The van der Waals surface area contributed by atoms with Crippen LogP contribution >= 0.6 is 0 Å². The van der Waals surface area contributed by atoms with Gasteiger partial charge in [-0.3, -0.25) is 4.79 Å². The maximum atomic E-state index is 12.0. The van der Waals surface area contributed by atoms with Gasteiger partial charge in [-0.2, -0.15) is 0 Å². The van der Waals surface area contributed by atoms with Crippen LogP contribution < -0.4 is 5.73 Å². The van der Waals surface area contributed by atoms with Crippen LogP contribution in [0.4, 0.5) is 0 Å². The lowest BCUT2D eigenvalue weighted by Gasteiger charge is -2.20. The molecule has 16 heavy (non-hydrogen) atoms. The van der Waals surface area contributed by atoms with Crippen LogP contribution in [0.1, 0.15) is 22.8 Å². The van der Waals surface area contributed by atoms with Crippen LogP contribution in [0.15, 0.2) is 18.2 Å². The number of carbonyl (C=O) groups excluding carboxylic acids is 1. The summed E-state index contributed by atoms with van der Waals surface area (Å²) >= 11 is 0. The molecule has 0 bridgehead atoms. The highest BCUT2D eigenvalue weighted by atomic mass is 16.3. The van der Waals surface area contributed by atoms with E-state index in [4.69, 9.17) is 5.73 Å². The second-order valence-corrected chi connectivity index (χ2v) is 4.13. The van der Waals surface area contributed by atoms with Crippen LogP contribution in [-0.4, -0.2) is 35.5 Å². The molecule has 0 aromatic heterocycles. The molecule has 88 valence electrons. The van der Waals surface area contributed by atoms with E-state index in [2.05, 4.69) is 0 Å². The number of para-hydroxylation sites is 1. The summed E-state index contributed by atoms with van der Waals surface area (Å²) in [6, 6.07) is 5.04. The van der Waals surface area contributed by atoms with Gasteiger partial charge in [0.1, 0.15) is 5.75 Å². The molecule has 1 unspecified atom stereocenters. The van der Waals surface area contributed by atoms with Crippen LogP contribution in [0.2, 0.25) is 0 Å². The highest BCUT2D eigenvalue weighted by molar-refractivity contribution is 5.97. The molecular formula is C12H18N2O2. The van der Waals surface area contributed by atoms with E-state index in [0.29, 0.717) is 17.7 Å². The third-order valence-electron chi connectivity index (χ3n) is 2.38. The van der Waals surface area contributed by atoms with Crippen molar-refractivity contribution in [3.63, 3.8) is 0 Å². The maximum absolute atomic E-state index is 12.0. The average Bonchev–Trinajstić information content (AvgIpc) is 2.20. The summed E-state index contributed by atoms with van der Waals surface area (Å²) in [7, 11) is 1.67. The van der Waals surface area contributed by atoms with Crippen molar-refractivity contribution in [3.8, 4) is 5.75 Å². The molecular weight excluding hydrogens is 204 g/mol. The van der Waals surface area contributed by atoms with Crippen molar-refractivity contribution < 1.29 is 9.90 Å². The van der Waals surface area contributed by atoms with E-state index >= 15 is 0 Å². The largest absolute Gasteiger partial charge is 0.507 e. The number of aryl methyl sites for hydroxylation is 1. The number of benzene rings is 1. The number of likely N-dealkylation sites (N-methyl/N-ethyl adjacent to an activating group) is 1. The maximum Gasteiger partial charge on any atom is 0.257 e. The molecule has 1 rings (SSSR count). The third-order valence-corrected chi connectivity index (χ3v) is 2.38. The molecule has 0 heterocycles. The Labute approximate surface area is 95.7 Å². The number of phenols is 1. The van der Waals surface area contributed by atoms with Crippen LogP contribution in [0, 0.1) is 6.92 Å². The van der Waals surface area contributed by atoms with E-state index < -0.39 is 0 Å². The molecule has 1 aromatic carbocycles. The minimum atomic E-state index is -0.210. The SMILES string of the molecule is Cc1cccc(C(=O)N(C)CC(C)N)c1O. The summed E-state index contributed by atoms with van der Waals surface area (Å²) in [4.78, 5) is 13.5. The zero-order valence-electron chi connectivity index (χ0n) is 9.90. The molecule has 0 spiro atoms. The van der Waals surface area contributed by atoms with Gasteiger partial charge in [0.2, 0.25) is 0 Å². The molecule has 0 fully saturated rings. The molecule has 1 amide bonds. The van der Waals surface area contributed by atoms with Gasteiger partial charge < -0.3 is 15.7 Å². The highest BCUT2D eigenvalue weighted by Crippen LogP contribution is 2.22. The van der Waals surface area contributed by atoms with Crippen molar-refractivity contribution in [2.45, 2.75) is 19.9 Å². The van der Waals surface area contributed by atoms with E-state index in [1.165, 1.54) is 4.90 Å². The number of rotatable bonds is 3. The number of carbonyl (C=O) groups is 1. The topological polar surface area (TPSA) is 66.6 Å². The van der Waals surface area contributed by atoms with Crippen molar-refractivity contribution in [2.75, 3.05) is 13.6 Å². The summed E-state index contributed by atoms with van der Waals surface area (Å²) in [6.45, 7) is 4.06. The predicted molar refractivity (Wildman–Crippen MR) is 63.5 cm³/mol. The Morgan fingerprint density at radius 1 is 1.56 bits per heavy atom. The third kappa shape index (κ3) is 2.73. The number of nitrogens with zero attached hydrogens (tertiary/aromatic N) is 1. The summed E-state index contributed by atoms with van der Waals surface area (Å²) < 4.78 is 0. The monoisotopic (exact) mass is 222 g/mol. The molecule has 0 saturated heterocycles. The molecule has 0 aliphatic carbocycles. The summed E-state index contributed by atoms with van der Waals surface area (Å²) in [6.07, 6.45) is 0. The number of aromatic hydroxyl groups is 1. The molecule has 4 nitrogen and oxygen atoms in total. The zero-order valence-corrected chi connectivity index (χ0v) is 9.90. The van der Waals surface area contributed by atoms with Gasteiger partial charge in [0.15, 0.2) is 0 Å². The summed E-state index contributed by atoms with van der Waals surface area (Å²) in [5, 5.41) is 9.77. The molecule has 0 radical (unpaired) electrons. The Kier molecular flexibility index (Phi) is 3.90. The fraction of sp³-hybridized carbons (Fsp3) is 0.417.